The zero-order valence-electron chi connectivity index (χ0n) is 15.0. The molecule has 1 unspecified atom stereocenters. The molecule has 7 nitrogen and oxygen atoms in total. The molecule has 1 amide bonds. The van der Waals surface area contributed by atoms with E-state index in [1.54, 1.807) is 55.5 Å². The van der Waals surface area contributed by atoms with Gasteiger partial charge in [-0.25, -0.2) is 8.42 Å². The third-order valence-corrected chi connectivity index (χ3v) is 6.01. The number of anilines is 2. The molecule has 0 aliphatic carbocycles. The Balaban J connectivity index is 1.86. The summed E-state index contributed by atoms with van der Waals surface area (Å²) in [7, 11) is -3.56. The lowest BCUT2D eigenvalue weighted by atomic mass is 10.1. The number of fused-ring (bicyclic) bond motifs is 1. The monoisotopic (exact) mass is 388 g/mol. The first-order valence-corrected chi connectivity index (χ1v) is 10.1. The molecule has 142 valence electrons. The lowest BCUT2D eigenvalue weighted by Gasteiger charge is -2.34. The van der Waals surface area contributed by atoms with E-state index in [-0.39, 0.29) is 18.1 Å². The number of hydrogen-bond donors (Lipinski definition) is 1. The number of amides is 1. The molecule has 1 aliphatic heterocycles. The molecule has 0 spiro atoms. The molecule has 8 heteroatoms. The molecule has 1 atom stereocenters. The van der Waals surface area contributed by atoms with Gasteiger partial charge >= 0.3 is 0 Å². The largest absolute Gasteiger partial charge is 0.476 e. The van der Waals surface area contributed by atoms with Crippen molar-refractivity contribution in [2.24, 2.45) is 0 Å². The van der Waals surface area contributed by atoms with Crippen LogP contribution in [0.15, 0.2) is 48.5 Å². The highest BCUT2D eigenvalue weighted by molar-refractivity contribution is 7.92. The van der Waals surface area contributed by atoms with E-state index in [2.05, 4.69) is 5.32 Å². The Hall–Kier alpha value is -2.87. The first-order chi connectivity index (χ1) is 12.8. The van der Waals surface area contributed by atoms with E-state index < -0.39 is 22.0 Å². The zero-order chi connectivity index (χ0) is 19.6. The van der Waals surface area contributed by atoms with Crippen molar-refractivity contribution in [1.29, 1.82) is 0 Å². The van der Waals surface area contributed by atoms with E-state index in [0.717, 1.165) is 0 Å². The van der Waals surface area contributed by atoms with E-state index >= 15 is 0 Å². The van der Waals surface area contributed by atoms with Gasteiger partial charge in [0.15, 0.2) is 11.9 Å². The molecule has 0 saturated heterocycles. The predicted molar refractivity (Wildman–Crippen MR) is 103 cm³/mol. The lowest BCUT2D eigenvalue weighted by molar-refractivity contribution is -0.122. The molecular formula is C19H20N2O5S. The number of benzene rings is 2. The molecule has 1 heterocycles. The number of para-hydroxylation sites is 2. The van der Waals surface area contributed by atoms with Gasteiger partial charge in [-0.1, -0.05) is 24.3 Å². The molecule has 0 bridgehead atoms. The molecule has 27 heavy (non-hydrogen) atoms. The van der Waals surface area contributed by atoms with Gasteiger partial charge in [0.2, 0.25) is 10.0 Å². The summed E-state index contributed by atoms with van der Waals surface area (Å²) >= 11 is 0. The number of carbonyl (C=O) groups is 2. The number of hydrogen-bond acceptors (Lipinski definition) is 5. The fourth-order valence-corrected chi connectivity index (χ4v) is 3.92. The molecule has 2 aromatic rings. The number of rotatable bonds is 5. The average Bonchev–Trinajstić information content (AvgIpc) is 2.67. The smallest absolute Gasteiger partial charge is 0.267 e. The lowest BCUT2D eigenvalue weighted by Crippen LogP contribution is -2.49. The van der Waals surface area contributed by atoms with Crippen molar-refractivity contribution < 1.29 is 22.7 Å². The summed E-state index contributed by atoms with van der Waals surface area (Å²) in [6.07, 6.45) is -1.01. The van der Waals surface area contributed by atoms with Crippen molar-refractivity contribution in [3.8, 4) is 5.75 Å². The summed E-state index contributed by atoms with van der Waals surface area (Å²) in [5, 5.41) is 2.69. The predicted octanol–water partition coefficient (Wildman–Crippen LogP) is 2.45. The summed E-state index contributed by atoms with van der Waals surface area (Å²) in [6, 6.07) is 13.2. The SMILES string of the molecule is CCS(=O)(=O)N1CC(C(=O)Nc2cccc(C(C)=O)c2)Oc2ccccc21. The van der Waals surface area contributed by atoms with Crippen molar-refractivity contribution in [2.45, 2.75) is 20.0 Å². The molecule has 0 saturated carbocycles. The fraction of sp³-hybridized carbons (Fsp3) is 0.263. The summed E-state index contributed by atoms with van der Waals surface area (Å²) in [6.45, 7) is 2.87. The zero-order valence-corrected chi connectivity index (χ0v) is 15.8. The Morgan fingerprint density at radius 1 is 1.19 bits per heavy atom. The van der Waals surface area contributed by atoms with Crippen LogP contribution in [0.5, 0.6) is 5.75 Å². The molecule has 1 N–H and O–H groups in total. The van der Waals surface area contributed by atoms with E-state index in [0.29, 0.717) is 22.7 Å². The Labute approximate surface area is 158 Å². The third-order valence-electron chi connectivity index (χ3n) is 4.26. The van der Waals surface area contributed by atoms with Crippen LogP contribution in [0, 0.1) is 0 Å². The van der Waals surface area contributed by atoms with Gasteiger partial charge in [-0.15, -0.1) is 0 Å². The second-order valence-electron chi connectivity index (χ2n) is 6.13. The fourth-order valence-electron chi connectivity index (χ4n) is 2.80. The van der Waals surface area contributed by atoms with Crippen LogP contribution in [-0.4, -0.2) is 38.5 Å². The van der Waals surface area contributed by atoms with Crippen LogP contribution in [0.25, 0.3) is 0 Å². The molecule has 0 radical (unpaired) electrons. The number of ether oxygens (including phenoxy) is 1. The van der Waals surface area contributed by atoms with Crippen molar-refractivity contribution >= 4 is 33.1 Å². The maximum Gasteiger partial charge on any atom is 0.267 e. The minimum Gasteiger partial charge on any atom is -0.476 e. The topological polar surface area (TPSA) is 92.8 Å². The molecule has 0 aromatic heterocycles. The highest BCUT2D eigenvalue weighted by Crippen LogP contribution is 2.35. The second-order valence-corrected chi connectivity index (χ2v) is 8.31. The number of nitrogens with zero attached hydrogens (tertiary/aromatic N) is 1. The standard InChI is InChI=1S/C19H20N2O5S/c1-3-27(24,25)21-12-18(26-17-10-5-4-9-16(17)21)19(23)20-15-8-6-7-14(11-15)13(2)22/h4-11,18H,3,12H2,1-2H3,(H,20,23). The van der Waals surface area contributed by atoms with Gasteiger partial charge < -0.3 is 10.1 Å². The highest BCUT2D eigenvalue weighted by Gasteiger charge is 2.35. The summed E-state index contributed by atoms with van der Waals surface area (Å²) in [5.41, 5.74) is 1.33. The summed E-state index contributed by atoms with van der Waals surface area (Å²) in [4.78, 5) is 24.2. The minimum atomic E-state index is -3.56. The van der Waals surface area contributed by atoms with Gasteiger partial charge in [-0.05, 0) is 38.1 Å². The van der Waals surface area contributed by atoms with Crippen LogP contribution in [0.2, 0.25) is 0 Å². The Kier molecular flexibility index (Phi) is 5.18. The number of ketones is 1. The van der Waals surface area contributed by atoms with Crippen LogP contribution in [-0.2, 0) is 14.8 Å². The number of carbonyl (C=O) groups excluding carboxylic acids is 2. The molecule has 0 fully saturated rings. The summed E-state index contributed by atoms with van der Waals surface area (Å²) in [5.74, 6) is -0.356. The first-order valence-electron chi connectivity index (χ1n) is 8.50. The first kappa shape index (κ1) is 18.9. The van der Waals surface area contributed by atoms with Gasteiger partial charge in [0.1, 0.15) is 5.75 Å². The Bertz CT molecular complexity index is 987. The van der Waals surface area contributed by atoms with E-state index in [9.17, 15) is 18.0 Å². The van der Waals surface area contributed by atoms with Crippen molar-refractivity contribution in [3.05, 3.63) is 54.1 Å². The van der Waals surface area contributed by atoms with E-state index in [4.69, 9.17) is 4.74 Å². The van der Waals surface area contributed by atoms with Gasteiger partial charge in [0.05, 0.1) is 18.0 Å². The maximum absolute atomic E-state index is 12.7. The van der Waals surface area contributed by atoms with Crippen LogP contribution in [0.4, 0.5) is 11.4 Å². The Morgan fingerprint density at radius 2 is 1.93 bits per heavy atom. The normalized spacial score (nSPS) is 16.2. The van der Waals surface area contributed by atoms with Crippen LogP contribution < -0.4 is 14.4 Å². The van der Waals surface area contributed by atoms with Crippen LogP contribution >= 0.6 is 0 Å². The third kappa shape index (κ3) is 3.95. The van der Waals surface area contributed by atoms with Crippen molar-refractivity contribution in [3.63, 3.8) is 0 Å². The number of nitrogens with one attached hydrogen (secondary N) is 1. The van der Waals surface area contributed by atoms with Gasteiger partial charge in [0, 0.05) is 11.3 Å². The van der Waals surface area contributed by atoms with Crippen molar-refractivity contribution in [2.75, 3.05) is 21.9 Å². The second kappa shape index (κ2) is 7.40. The molecule has 2 aromatic carbocycles. The number of sulfonamides is 1. The van der Waals surface area contributed by atoms with Crippen LogP contribution in [0.3, 0.4) is 0 Å². The molecule has 1 aliphatic rings. The quantitative estimate of drug-likeness (QED) is 0.794. The van der Waals surface area contributed by atoms with Gasteiger partial charge in [0.25, 0.3) is 5.91 Å². The van der Waals surface area contributed by atoms with Gasteiger partial charge in [-0.3, -0.25) is 13.9 Å². The molecular weight excluding hydrogens is 368 g/mol. The Morgan fingerprint density at radius 3 is 2.63 bits per heavy atom. The number of Topliss-reactive ketones (excluding diaryl/α,β-unsaturated/α-hetero) is 1. The maximum atomic E-state index is 12.7. The highest BCUT2D eigenvalue weighted by atomic mass is 32.2. The summed E-state index contributed by atoms with van der Waals surface area (Å²) < 4.78 is 31.9. The van der Waals surface area contributed by atoms with Crippen LogP contribution in [0.1, 0.15) is 24.2 Å². The average molecular weight is 388 g/mol. The minimum absolute atomic E-state index is 0.0870. The van der Waals surface area contributed by atoms with Crippen molar-refractivity contribution in [1.82, 2.24) is 0 Å². The molecule has 3 rings (SSSR count). The van der Waals surface area contributed by atoms with E-state index in [1.165, 1.54) is 11.2 Å². The van der Waals surface area contributed by atoms with E-state index in [1.807, 2.05) is 0 Å². The van der Waals surface area contributed by atoms with Gasteiger partial charge in [-0.2, -0.15) is 0 Å².